The summed E-state index contributed by atoms with van der Waals surface area (Å²) in [4.78, 5) is 0. The van der Waals surface area contributed by atoms with E-state index >= 15 is 0 Å². The second kappa shape index (κ2) is 228. The number of hydrogen-bond acceptors (Lipinski definition) is 2. The van der Waals surface area contributed by atoms with Crippen molar-refractivity contribution in [2.45, 2.75) is 0 Å². The van der Waals surface area contributed by atoms with Crippen LogP contribution in [-0.2, 0) is 149 Å². The normalized spacial score (nSPS) is 4.27. The molecule has 45 heavy (non-hydrogen) atoms. The molecule has 0 fully saturated rings. The molecule has 0 spiro atoms. The van der Waals surface area contributed by atoms with Crippen molar-refractivity contribution in [3.8, 4) is 0 Å². The van der Waals surface area contributed by atoms with Crippen molar-refractivity contribution in [3.63, 3.8) is 0 Å². The topological polar surface area (TPSA) is 198 Å². The molecule has 0 heterocycles. The quantitative estimate of drug-likeness (QED) is 0.167. The monoisotopic (exact) mass is 980 g/mol. The molecule has 0 aliphatic heterocycles. The first-order valence-electron chi connectivity index (χ1n) is 8.73. The summed E-state index contributed by atoms with van der Waals surface area (Å²) in [6.45, 7) is 41.9. The maximum atomic E-state index is 7.50. The van der Waals surface area contributed by atoms with Gasteiger partial charge < -0.3 is 9.47 Å². The molecule has 0 N–H and O–H groups in total. The van der Waals surface area contributed by atoms with Crippen LogP contribution >= 0.6 is 0 Å². The van der Waals surface area contributed by atoms with Gasteiger partial charge in [0.25, 0.3) is 0 Å². The summed E-state index contributed by atoms with van der Waals surface area (Å²) in [5.41, 5.74) is 0. The Bertz CT molecular complexity index is 614. The first kappa shape index (κ1) is 104. The van der Waals surface area contributed by atoms with Gasteiger partial charge in [-0.25, -0.2) is 36.4 Å². The Morgan fingerprint density at radius 2 is 0.489 bits per heavy atom. The van der Waals surface area contributed by atoms with Crippen molar-refractivity contribution in [1.29, 1.82) is 0 Å². The van der Waals surface area contributed by atoms with E-state index < -0.39 is 0 Å². The van der Waals surface area contributed by atoms with E-state index in [0.29, 0.717) is 13.2 Å². The minimum Gasteiger partial charge on any atom is -0.214 e. The zero-order chi connectivity index (χ0) is 33.4. The van der Waals surface area contributed by atoms with Crippen molar-refractivity contribution < 1.29 is 149 Å². The zero-order valence-corrected chi connectivity index (χ0v) is 33.8. The van der Waals surface area contributed by atoms with Crippen LogP contribution in [0.1, 0.15) is 0 Å². The Morgan fingerprint density at radius 1 is 0.378 bits per heavy atom. The Kier molecular flexibility index (Phi) is 524. The average Bonchev–Trinajstić information content (AvgIpc) is 3.93. The van der Waals surface area contributed by atoms with E-state index in [4.69, 9.17) is 41.9 Å². The summed E-state index contributed by atoms with van der Waals surface area (Å²) in [5.74, 6) is 0. The maximum Gasteiger partial charge on any atom is 1.00 e. The minimum absolute atomic E-state index is 0. The third-order valence-corrected chi connectivity index (χ3v) is 2.16. The Labute approximate surface area is 352 Å². The molecule has 0 unspecified atom stereocenters. The van der Waals surface area contributed by atoms with Crippen LogP contribution in [0.15, 0.2) is 91.0 Å². The van der Waals surface area contributed by atoms with Crippen LogP contribution in [0.4, 0.5) is 0 Å². The Hall–Kier alpha value is -0.266. The van der Waals surface area contributed by atoms with Gasteiger partial charge in [-0.3, -0.25) is 0 Å². The largest absolute Gasteiger partial charge is 1.00 e. The molecule has 0 saturated heterocycles. The van der Waals surface area contributed by atoms with Gasteiger partial charge in [0.15, 0.2) is 0 Å². The number of ether oxygens (including phenoxy) is 2. The van der Waals surface area contributed by atoms with Gasteiger partial charge in [0.1, 0.15) is 0 Å². The molecule has 11 nitrogen and oxygen atoms in total. The fourth-order valence-electron chi connectivity index (χ4n) is 1.13. The van der Waals surface area contributed by atoms with Crippen molar-refractivity contribution >= 4 is 29.6 Å². The minimum atomic E-state index is 0. The smallest absolute Gasteiger partial charge is 0.214 e. The number of methoxy groups -OCH3 is 2. The van der Waals surface area contributed by atoms with Gasteiger partial charge in [0.2, 0.25) is 0 Å². The summed E-state index contributed by atoms with van der Waals surface area (Å²) in [7, 11) is 3.30. The van der Waals surface area contributed by atoms with Gasteiger partial charge in [-0.2, -0.15) is 54.6 Å². The molecule has 0 atom stereocenters. The molecule has 0 aliphatic carbocycles. The molecule has 1 radical (unpaired) electrons. The standard InChI is InChI=1S/3C5H5.C4H10O2.9CO.2Cu.3Mo.Na/c3*1-2-4-5-3-1;1-5-3-4-6-2;9*1-2;;;;;;/h3*1-5H;3-4H2,1-2H3;;;;;;;;;;;;;;;/q3*-1;;;;;;;;;;;2*+1;;;;. The van der Waals surface area contributed by atoms with E-state index in [1.807, 2.05) is 91.0 Å². The molecular weight excluding hydrogens is 950 g/mol. The SMILES string of the molecule is COCCOC.[C-]#[O+].[C-]#[O+].[C-]#[O+].[C-]#[O+].[C-]#[O+].[C-]#[O+].[C-]#[O+].[C-]#[O+].[C-]#[O+].[Cu+].[Cu+].[Mo].[Mo].[Mo].[Na].c1cc[cH-]c1.c1cc[cH-]c1.c1cc[cH-]c1. The maximum absolute atomic E-state index is 7.50. The van der Waals surface area contributed by atoms with Gasteiger partial charge in [0, 0.05) is 107 Å². The van der Waals surface area contributed by atoms with Crippen LogP contribution in [-0.4, -0.2) is 57.0 Å². The molecule has 3 rings (SSSR count). The summed E-state index contributed by atoms with van der Waals surface area (Å²) < 4.78 is 76.8. The number of rotatable bonds is 3. The van der Waals surface area contributed by atoms with Gasteiger partial charge in [-0.1, -0.05) is 0 Å². The molecule has 3 aromatic carbocycles. The van der Waals surface area contributed by atoms with Crippen LogP contribution in [0.3, 0.4) is 0 Å². The average molecular weight is 975 g/mol. The molecule has 0 saturated carbocycles. The molecule has 0 aliphatic rings. The number of hydrogen-bond donors (Lipinski definition) is 0. The van der Waals surface area contributed by atoms with Crippen LogP contribution in [0, 0.1) is 59.9 Å². The van der Waals surface area contributed by atoms with Crippen LogP contribution in [0.5, 0.6) is 0 Å². The fraction of sp³-hybridized carbons (Fsp3) is 0.143. The third-order valence-electron chi connectivity index (χ3n) is 2.16. The second-order valence-electron chi connectivity index (χ2n) is 3.87. The molecule has 0 bridgehead atoms. The predicted molar refractivity (Wildman–Crippen MR) is 131 cm³/mol. The van der Waals surface area contributed by atoms with E-state index in [9.17, 15) is 0 Å². The molecular formula is C28H25Cu2Mo3NaO11-. The Balaban J connectivity index is -0.0000000148. The van der Waals surface area contributed by atoms with Gasteiger partial charge in [0.05, 0.1) is 13.2 Å². The van der Waals surface area contributed by atoms with E-state index in [1.54, 1.807) is 14.2 Å². The fourth-order valence-corrected chi connectivity index (χ4v) is 1.13. The van der Waals surface area contributed by atoms with Crippen molar-refractivity contribution in [3.05, 3.63) is 151 Å². The van der Waals surface area contributed by atoms with E-state index in [1.165, 1.54) is 0 Å². The first-order valence-corrected chi connectivity index (χ1v) is 8.73. The molecule has 17 heteroatoms. The summed E-state index contributed by atoms with van der Waals surface area (Å²) in [6, 6.07) is 30.0. The summed E-state index contributed by atoms with van der Waals surface area (Å²) in [5, 5.41) is 0. The summed E-state index contributed by atoms with van der Waals surface area (Å²) in [6.07, 6.45) is 0. The predicted octanol–water partition coefficient (Wildman–Crippen LogP) is 3.76. The van der Waals surface area contributed by atoms with Crippen LogP contribution in [0.2, 0.25) is 0 Å². The van der Waals surface area contributed by atoms with Crippen LogP contribution < -0.4 is 0 Å². The van der Waals surface area contributed by atoms with Crippen molar-refractivity contribution in [1.82, 2.24) is 0 Å². The summed E-state index contributed by atoms with van der Waals surface area (Å²) >= 11 is 0. The molecule has 0 aromatic heterocycles. The zero-order valence-electron chi connectivity index (χ0n) is 23.9. The van der Waals surface area contributed by atoms with Crippen LogP contribution in [0.25, 0.3) is 0 Å². The van der Waals surface area contributed by atoms with Gasteiger partial charge in [-0.15, -0.1) is 0 Å². The molecule has 0 amide bonds. The van der Waals surface area contributed by atoms with Crippen molar-refractivity contribution in [2.24, 2.45) is 0 Å². The van der Waals surface area contributed by atoms with Gasteiger partial charge in [-0.05, 0) is 0 Å². The van der Waals surface area contributed by atoms with E-state index in [-0.39, 0.29) is 127 Å². The van der Waals surface area contributed by atoms with E-state index in [2.05, 4.69) is 69.3 Å². The van der Waals surface area contributed by atoms with Gasteiger partial charge >= 0.3 is 136 Å². The molecule has 245 valence electrons. The second-order valence-corrected chi connectivity index (χ2v) is 3.87. The molecule has 3 aromatic rings. The first-order chi connectivity index (χ1) is 19.4. The van der Waals surface area contributed by atoms with E-state index in [0.717, 1.165) is 0 Å². The van der Waals surface area contributed by atoms with Crippen molar-refractivity contribution in [2.75, 3.05) is 27.4 Å². The Morgan fingerprint density at radius 3 is 0.533 bits per heavy atom. The third kappa shape index (κ3) is 242.